The molecule has 0 aliphatic carbocycles. The summed E-state index contributed by atoms with van der Waals surface area (Å²) in [5, 5.41) is 3.38. The molecule has 98 valence electrons. The predicted octanol–water partition coefficient (Wildman–Crippen LogP) is 3.26. The molecule has 1 aromatic rings. The van der Waals surface area contributed by atoms with Crippen LogP contribution in [0.4, 0.5) is 0 Å². The van der Waals surface area contributed by atoms with Crippen LogP contribution in [0.3, 0.4) is 0 Å². The molecule has 0 amide bonds. The Morgan fingerprint density at radius 1 is 1.24 bits per heavy atom. The van der Waals surface area contributed by atoms with Crippen LogP contribution < -0.4 is 5.32 Å². The lowest BCUT2D eigenvalue weighted by Gasteiger charge is -2.15. The summed E-state index contributed by atoms with van der Waals surface area (Å²) in [5.41, 5.74) is 0. The minimum absolute atomic E-state index is 0.537. The van der Waals surface area contributed by atoms with E-state index < -0.39 is 0 Å². The van der Waals surface area contributed by atoms with Crippen LogP contribution in [0, 0.1) is 0 Å². The zero-order valence-electron chi connectivity index (χ0n) is 11.3. The van der Waals surface area contributed by atoms with Gasteiger partial charge in [-0.2, -0.15) is 0 Å². The Morgan fingerprint density at radius 2 is 2.00 bits per heavy atom. The first-order valence-electron chi connectivity index (χ1n) is 6.62. The van der Waals surface area contributed by atoms with Crippen molar-refractivity contribution in [3.63, 3.8) is 0 Å². The van der Waals surface area contributed by atoms with E-state index in [1.54, 1.807) is 0 Å². The van der Waals surface area contributed by atoms with Crippen molar-refractivity contribution in [1.29, 1.82) is 0 Å². The first-order chi connectivity index (χ1) is 8.30. The van der Waals surface area contributed by atoms with Crippen LogP contribution in [0.1, 0.15) is 36.4 Å². The average molecular weight is 255 g/mol. The lowest BCUT2D eigenvalue weighted by Crippen LogP contribution is -2.28. The van der Waals surface area contributed by atoms with E-state index in [0.29, 0.717) is 6.04 Å². The molecule has 1 rings (SSSR count). The average Bonchev–Trinajstić information content (AvgIpc) is 2.80. The Hall–Kier alpha value is -0.380. The Kier molecular flexibility index (Phi) is 7.49. The van der Waals surface area contributed by atoms with Gasteiger partial charge < -0.3 is 10.1 Å². The lowest BCUT2D eigenvalue weighted by atomic mass is 10.1. The molecule has 0 aliphatic rings. The number of aryl methyl sites for hydroxylation is 1. The molecule has 0 fully saturated rings. The topological polar surface area (TPSA) is 21.3 Å². The standard InChI is InChI=1S/C14H25NOS/c1-4-9-16-10-8-12(15-3)11-14-7-6-13(5-2)17-14/h6-7,12,15H,4-5,8-11H2,1-3H3. The van der Waals surface area contributed by atoms with Crippen molar-refractivity contribution in [3.8, 4) is 0 Å². The Labute approximate surface area is 109 Å². The molecule has 0 bridgehead atoms. The Bertz CT molecular complexity index is 298. The molecule has 0 aromatic carbocycles. The molecule has 1 N–H and O–H groups in total. The molecule has 0 saturated carbocycles. The maximum absolute atomic E-state index is 5.54. The molecule has 1 atom stereocenters. The molecule has 0 saturated heterocycles. The largest absolute Gasteiger partial charge is 0.381 e. The highest BCUT2D eigenvalue weighted by atomic mass is 32.1. The van der Waals surface area contributed by atoms with Crippen molar-refractivity contribution < 1.29 is 4.74 Å². The highest BCUT2D eigenvalue weighted by Crippen LogP contribution is 2.19. The zero-order valence-corrected chi connectivity index (χ0v) is 12.1. The van der Waals surface area contributed by atoms with Crippen molar-refractivity contribution in [2.24, 2.45) is 0 Å². The summed E-state index contributed by atoms with van der Waals surface area (Å²) in [6.07, 6.45) is 4.47. The molecule has 0 aliphatic heterocycles. The van der Waals surface area contributed by atoms with Gasteiger partial charge >= 0.3 is 0 Å². The highest BCUT2D eigenvalue weighted by molar-refractivity contribution is 7.11. The molecular formula is C14H25NOS. The molecular weight excluding hydrogens is 230 g/mol. The van der Waals surface area contributed by atoms with Gasteiger partial charge in [0.1, 0.15) is 0 Å². The molecule has 1 aromatic heterocycles. The fraction of sp³-hybridized carbons (Fsp3) is 0.714. The van der Waals surface area contributed by atoms with Crippen LogP contribution >= 0.6 is 11.3 Å². The van der Waals surface area contributed by atoms with E-state index >= 15 is 0 Å². The van der Waals surface area contributed by atoms with Crippen molar-refractivity contribution in [2.45, 2.75) is 45.6 Å². The van der Waals surface area contributed by atoms with Crippen molar-refractivity contribution in [3.05, 3.63) is 21.9 Å². The van der Waals surface area contributed by atoms with E-state index in [9.17, 15) is 0 Å². The third kappa shape index (κ3) is 5.66. The summed E-state index contributed by atoms with van der Waals surface area (Å²) in [6.45, 7) is 6.11. The van der Waals surface area contributed by atoms with Gasteiger partial charge in [0.25, 0.3) is 0 Å². The Morgan fingerprint density at radius 3 is 2.59 bits per heavy atom. The summed E-state index contributed by atoms with van der Waals surface area (Å²) in [6, 6.07) is 5.05. The molecule has 2 nitrogen and oxygen atoms in total. The number of likely N-dealkylation sites (N-methyl/N-ethyl adjacent to an activating group) is 1. The van der Waals surface area contributed by atoms with Crippen LogP contribution in [0.15, 0.2) is 12.1 Å². The number of hydrogen-bond donors (Lipinski definition) is 1. The van der Waals surface area contributed by atoms with E-state index in [0.717, 1.165) is 38.9 Å². The van der Waals surface area contributed by atoms with Gasteiger partial charge in [0.05, 0.1) is 0 Å². The molecule has 17 heavy (non-hydrogen) atoms. The molecule has 1 heterocycles. The number of thiophene rings is 1. The SMILES string of the molecule is CCCOCCC(Cc1ccc(CC)s1)NC. The van der Waals surface area contributed by atoms with E-state index in [1.807, 2.05) is 18.4 Å². The second-order valence-corrected chi connectivity index (χ2v) is 5.57. The van der Waals surface area contributed by atoms with Crippen molar-refractivity contribution in [1.82, 2.24) is 5.32 Å². The number of nitrogens with one attached hydrogen (secondary N) is 1. The van der Waals surface area contributed by atoms with E-state index in [-0.39, 0.29) is 0 Å². The molecule has 0 radical (unpaired) electrons. The summed E-state index contributed by atoms with van der Waals surface area (Å²) < 4.78 is 5.54. The maximum atomic E-state index is 5.54. The first-order valence-corrected chi connectivity index (χ1v) is 7.44. The van der Waals surface area contributed by atoms with E-state index in [4.69, 9.17) is 4.74 Å². The fourth-order valence-electron chi connectivity index (χ4n) is 1.79. The maximum Gasteiger partial charge on any atom is 0.0480 e. The van der Waals surface area contributed by atoms with Gasteiger partial charge in [-0.25, -0.2) is 0 Å². The van der Waals surface area contributed by atoms with Crippen LogP contribution in [-0.4, -0.2) is 26.3 Å². The highest BCUT2D eigenvalue weighted by Gasteiger charge is 2.08. The summed E-state index contributed by atoms with van der Waals surface area (Å²) in [7, 11) is 2.04. The van der Waals surface area contributed by atoms with Gasteiger partial charge in [-0.15, -0.1) is 11.3 Å². The lowest BCUT2D eigenvalue weighted by molar-refractivity contribution is 0.125. The smallest absolute Gasteiger partial charge is 0.0480 e. The van der Waals surface area contributed by atoms with Crippen LogP contribution in [-0.2, 0) is 17.6 Å². The van der Waals surface area contributed by atoms with Crippen molar-refractivity contribution >= 4 is 11.3 Å². The minimum atomic E-state index is 0.537. The van der Waals surface area contributed by atoms with Gasteiger partial charge in [0.2, 0.25) is 0 Å². The summed E-state index contributed by atoms with van der Waals surface area (Å²) in [5.74, 6) is 0. The van der Waals surface area contributed by atoms with Gasteiger partial charge in [-0.3, -0.25) is 0 Å². The summed E-state index contributed by atoms with van der Waals surface area (Å²) >= 11 is 1.94. The van der Waals surface area contributed by atoms with Gasteiger partial charge in [0.15, 0.2) is 0 Å². The minimum Gasteiger partial charge on any atom is -0.381 e. The molecule has 0 spiro atoms. The second kappa shape index (κ2) is 8.67. The van der Waals surface area contributed by atoms with Gasteiger partial charge in [-0.1, -0.05) is 13.8 Å². The number of hydrogen-bond acceptors (Lipinski definition) is 3. The van der Waals surface area contributed by atoms with Crippen molar-refractivity contribution in [2.75, 3.05) is 20.3 Å². The quantitative estimate of drug-likeness (QED) is 0.684. The summed E-state index contributed by atoms with van der Waals surface area (Å²) in [4.78, 5) is 2.97. The zero-order chi connectivity index (χ0) is 12.5. The van der Waals surface area contributed by atoms with E-state index in [1.165, 1.54) is 9.75 Å². The number of ether oxygens (including phenoxy) is 1. The third-order valence-electron chi connectivity index (χ3n) is 2.88. The predicted molar refractivity (Wildman–Crippen MR) is 76.0 cm³/mol. The molecule has 1 unspecified atom stereocenters. The normalized spacial score (nSPS) is 12.9. The number of rotatable bonds is 9. The van der Waals surface area contributed by atoms with Crippen LogP contribution in [0.5, 0.6) is 0 Å². The fourth-order valence-corrected chi connectivity index (χ4v) is 2.82. The van der Waals surface area contributed by atoms with Crippen LogP contribution in [0.2, 0.25) is 0 Å². The van der Waals surface area contributed by atoms with E-state index in [2.05, 4.69) is 31.3 Å². The molecule has 3 heteroatoms. The second-order valence-electron chi connectivity index (χ2n) is 4.31. The van der Waals surface area contributed by atoms with Gasteiger partial charge in [0, 0.05) is 29.0 Å². The first kappa shape index (κ1) is 14.7. The monoisotopic (exact) mass is 255 g/mol. The van der Waals surface area contributed by atoms with Crippen LogP contribution in [0.25, 0.3) is 0 Å². The Balaban J connectivity index is 2.30. The van der Waals surface area contributed by atoms with Gasteiger partial charge in [-0.05, 0) is 44.9 Å². The third-order valence-corrected chi connectivity index (χ3v) is 4.13.